The van der Waals surface area contributed by atoms with Crippen LogP contribution in [0.25, 0.3) is 11.4 Å². The molecule has 1 N–H and O–H groups in total. The van der Waals surface area contributed by atoms with E-state index in [4.69, 9.17) is 14.8 Å². The maximum atomic E-state index is 11.6. The summed E-state index contributed by atoms with van der Waals surface area (Å²) in [6.07, 6.45) is 2.17. The lowest BCUT2D eigenvalue weighted by Crippen LogP contribution is -2.01. The van der Waals surface area contributed by atoms with Crippen LogP contribution >= 0.6 is 23.1 Å². The molecule has 2 aromatic heterocycles. The molecule has 1 unspecified atom stereocenters. The predicted molar refractivity (Wildman–Crippen MR) is 106 cm³/mol. The lowest BCUT2D eigenvalue weighted by atomic mass is 10.00. The van der Waals surface area contributed by atoms with E-state index in [1.54, 1.807) is 17.5 Å². The average molecular weight is 399 g/mol. The topological polar surface area (TPSA) is 72.3 Å². The molecule has 0 aliphatic carbocycles. The number of pyridine rings is 1. The number of rotatable bonds is 6. The number of hydrogen-bond donors (Lipinski definition) is 1. The average Bonchev–Trinajstić information content (AvgIpc) is 3.31. The highest BCUT2D eigenvalue weighted by Crippen LogP contribution is 2.37. The maximum absolute atomic E-state index is 11.6. The number of thioether (sulfide) groups is 1. The highest BCUT2D eigenvalue weighted by Gasteiger charge is 2.22. The van der Waals surface area contributed by atoms with E-state index in [1.165, 1.54) is 11.8 Å². The highest BCUT2D eigenvalue weighted by atomic mass is 32.2. The van der Waals surface area contributed by atoms with Crippen molar-refractivity contribution in [2.45, 2.75) is 24.2 Å². The lowest BCUT2D eigenvalue weighted by molar-refractivity contribution is -0.110. The van der Waals surface area contributed by atoms with Gasteiger partial charge in [-0.3, -0.25) is 9.78 Å². The van der Waals surface area contributed by atoms with Gasteiger partial charge in [0.25, 0.3) is 0 Å². The fraction of sp³-hybridized carbons (Fsp3) is 0.250. The van der Waals surface area contributed by atoms with Gasteiger partial charge in [-0.15, -0.1) is 11.3 Å². The molecule has 1 aromatic carbocycles. The Morgan fingerprint density at radius 3 is 2.93 bits per heavy atom. The molecule has 4 rings (SSSR count). The van der Waals surface area contributed by atoms with Crippen molar-refractivity contribution in [3.63, 3.8) is 0 Å². The van der Waals surface area contributed by atoms with Crippen LogP contribution in [0.5, 0.6) is 5.75 Å². The minimum atomic E-state index is -0.0234. The van der Waals surface area contributed by atoms with Crippen LogP contribution in [0, 0.1) is 0 Å². The minimum Gasteiger partial charge on any atom is -0.490 e. The number of hydrogen-bond acceptors (Lipinski definition) is 7. The number of thiazole rings is 1. The molecule has 0 saturated heterocycles. The van der Waals surface area contributed by atoms with E-state index >= 15 is 0 Å². The van der Waals surface area contributed by atoms with Crippen LogP contribution in [-0.4, -0.2) is 33.4 Å². The molecule has 0 radical (unpaired) electrons. The van der Waals surface area contributed by atoms with Crippen LogP contribution in [0.3, 0.4) is 0 Å². The first-order chi connectivity index (χ1) is 13.1. The molecule has 27 heavy (non-hydrogen) atoms. The molecule has 3 aromatic rings. The summed E-state index contributed by atoms with van der Waals surface area (Å²) in [5.41, 5.74) is 3.91. The number of carbonyl (C=O) groups excluding carboxylic acids is 1. The van der Waals surface area contributed by atoms with Gasteiger partial charge in [-0.2, -0.15) is 0 Å². The van der Waals surface area contributed by atoms with Crippen molar-refractivity contribution in [1.29, 1.82) is 0 Å². The molecule has 0 spiro atoms. The summed E-state index contributed by atoms with van der Waals surface area (Å²) in [6, 6.07) is 9.96. The van der Waals surface area contributed by atoms with Crippen LogP contribution < -0.4 is 4.74 Å². The second-order valence-electron chi connectivity index (χ2n) is 6.26. The Kier molecular flexibility index (Phi) is 5.24. The molecule has 0 fully saturated rings. The molecule has 5 nitrogen and oxygen atoms in total. The molecule has 7 heteroatoms. The van der Waals surface area contributed by atoms with Crippen molar-refractivity contribution in [3.8, 4) is 17.1 Å². The number of aliphatic hydroxyl groups excluding tert-OH is 1. The van der Waals surface area contributed by atoms with Gasteiger partial charge in [0.1, 0.15) is 17.4 Å². The second-order valence-corrected chi connectivity index (χ2v) is 8.25. The van der Waals surface area contributed by atoms with Crippen LogP contribution in [0.15, 0.2) is 46.8 Å². The zero-order valence-corrected chi connectivity index (χ0v) is 16.3. The van der Waals surface area contributed by atoms with Crippen molar-refractivity contribution in [2.75, 3.05) is 13.2 Å². The molecule has 1 aliphatic heterocycles. The Labute approximate surface area is 165 Å². The number of aromatic nitrogens is 2. The Balaban J connectivity index is 1.52. The maximum Gasteiger partial charge on any atom is 0.198 e. The normalized spacial score (nSPS) is 14.2. The fourth-order valence-corrected chi connectivity index (χ4v) is 4.76. The Bertz CT molecular complexity index is 970. The van der Waals surface area contributed by atoms with Gasteiger partial charge in [-0.1, -0.05) is 30.8 Å². The quantitative estimate of drug-likeness (QED) is 0.679. The summed E-state index contributed by atoms with van der Waals surface area (Å²) in [5.74, 6) is 0.777. The second kappa shape index (κ2) is 7.80. The van der Waals surface area contributed by atoms with Gasteiger partial charge in [0.15, 0.2) is 5.12 Å². The molecule has 1 aliphatic rings. The van der Waals surface area contributed by atoms with Gasteiger partial charge >= 0.3 is 0 Å². The largest absolute Gasteiger partial charge is 0.490 e. The summed E-state index contributed by atoms with van der Waals surface area (Å²) in [4.78, 5) is 21.8. The van der Waals surface area contributed by atoms with Gasteiger partial charge in [0.2, 0.25) is 0 Å². The number of fused-ring (bicyclic) bond motifs is 1. The number of nitrogens with zero attached hydrogens (tertiary/aromatic N) is 2. The number of carbonyl (C=O) groups is 1. The van der Waals surface area contributed by atoms with Crippen LogP contribution in [0.1, 0.15) is 29.0 Å². The Morgan fingerprint density at radius 2 is 2.15 bits per heavy atom. The van der Waals surface area contributed by atoms with Gasteiger partial charge < -0.3 is 9.84 Å². The molecule has 0 bridgehead atoms. The van der Waals surface area contributed by atoms with Crippen molar-refractivity contribution in [1.82, 2.24) is 9.97 Å². The van der Waals surface area contributed by atoms with E-state index in [-0.39, 0.29) is 24.2 Å². The lowest BCUT2D eigenvalue weighted by Gasteiger charge is -2.10. The van der Waals surface area contributed by atoms with E-state index in [0.717, 1.165) is 32.4 Å². The van der Waals surface area contributed by atoms with Crippen LogP contribution in [-0.2, 0) is 11.2 Å². The van der Waals surface area contributed by atoms with Crippen molar-refractivity contribution < 1.29 is 14.6 Å². The third-order valence-corrected chi connectivity index (χ3v) is 6.40. The SMILES string of the molecule is CC(c1ccc2c(c1)SC(=O)C2)c1nc(-c2ccc(OCCO)cn2)cs1. The standard InChI is InChI=1S/C20H18N2O3S2/c1-12(13-2-3-14-9-19(24)27-18(14)8-13)20-22-17(11-26-20)16-5-4-15(10-21-16)25-7-6-23/h2-5,8,10-12,23H,6-7,9H2,1H3. The van der Waals surface area contributed by atoms with E-state index in [1.807, 2.05) is 17.5 Å². The third-order valence-electron chi connectivity index (χ3n) is 4.40. The molecule has 138 valence electrons. The van der Waals surface area contributed by atoms with Gasteiger partial charge in [-0.25, -0.2) is 4.98 Å². The summed E-state index contributed by atoms with van der Waals surface area (Å²) in [7, 11) is 0. The molecule has 1 atom stereocenters. The summed E-state index contributed by atoms with van der Waals surface area (Å²) in [6.45, 7) is 2.36. The zero-order chi connectivity index (χ0) is 18.8. The highest BCUT2D eigenvalue weighted by molar-refractivity contribution is 8.14. The molecule has 3 heterocycles. The van der Waals surface area contributed by atoms with Gasteiger partial charge in [0.05, 0.1) is 24.2 Å². The van der Waals surface area contributed by atoms with Crippen molar-refractivity contribution in [3.05, 3.63) is 58.0 Å². The molecular formula is C20H18N2O3S2. The smallest absolute Gasteiger partial charge is 0.198 e. The molecule has 0 amide bonds. The van der Waals surface area contributed by atoms with Crippen molar-refractivity contribution >= 4 is 28.2 Å². The predicted octanol–water partition coefficient (Wildman–Crippen LogP) is 3.90. The van der Waals surface area contributed by atoms with E-state index < -0.39 is 0 Å². The number of ether oxygens (including phenoxy) is 1. The van der Waals surface area contributed by atoms with E-state index in [9.17, 15) is 4.79 Å². The number of benzene rings is 1. The monoisotopic (exact) mass is 398 g/mol. The zero-order valence-electron chi connectivity index (χ0n) is 14.7. The molecular weight excluding hydrogens is 380 g/mol. The third kappa shape index (κ3) is 3.90. The first-order valence-electron chi connectivity index (χ1n) is 8.63. The molecule has 0 saturated carbocycles. The fourth-order valence-electron chi connectivity index (χ4n) is 2.92. The Hall–Kier alpha value is -2.22. The van der Waals surface area contributed by atoms with Crippen molar-refractivity contribution in [2.24, 2.45) is 0 Å². The number of aliphatic hydroxyl groups is 1. The summed E-state index contributed by atoms with van der Waals surface area (Å²) >= 11 is 2.94. The first-order valence-corrected chi connectivity index (χ1v) is 10.3. The Morgan fingerprint density at radius 1 is 1.26 bits per heavy atom. The summed E-state index contributed by atoms with van der Waals surface area (Å²) in [5, 5.41) is 12.0. The van der Waals surface area contributed by atoms with Gasteiger partial charge in [-0.05, 0) is 29.3 Å². The van der Waals surface area contributed by atoms with Crippen LogP contribution in [0.4, 0.5) is 0 Å². The van der Waals surface area contributed by atoms with Gasteiger partial charge in [0, 0.05) is 22.6 Å². The minimum absolute atomic E-state index is 0.0234. The first kappa shape index (κ1) is 18.2. The van der Waals surface area contributed by atoms with E-state index in [0.29, 0.717) is 12.2 Å². The summed E-state index contributed by atoms with van der Waals surface area (Å²) < 4.78 is 5.34. The van der Waals surface area contributed by atoms with Crippen LogP contribution in [0.2, 0.25) is 0 Å². The van der Waals surface area contributed by atoms with E-state index in [2.05, 4.69) is 30.1 Å².